The monoisotopic (exact) mass is 370 g/mol. The van der Waals surface area contributed by atoms with Gasteiger partial charge in [0.1, 0.15) is 0 Å². The number of rotatable bonds is 3. The van der Waals surface area contributed by atoms with Crippen molar-refractivity contribution in [2.24, 2.45) is 0 Å². The number of carbonyl (C=O) groups excluding carboxylic acids is 1. The molecule has 1 aliphatic carbocycles. The van der Waals surface area contributed by atoms with Crippen molar-refractivity contribution >= 4 is 11.5 Å². The molecule has 2 aromatic carbocycles. The average molecular weight is 370 g/mol. The summed E-state index contributed by atoms with van der Waals surface area (Å²) in [5.74, 6) is 0.794. The number of benzene rings is 2. The third kappa shape index (κ3) is 3.15. The van der Waals surface area contributed by atoms with Crippen molar-refractivity contribution in [3.8, 4) is 0 Å². The van der Waals surface area contributed by atoms with Crippen molar-refractivity contribution in [1.82, 2.24) is 4.57 Å². The van der Waals surface area contributed by atoms with Crippen LogP contribution in [0.5, 0.6) is 0 Å². The molecule has 1 saturated carbocycles. The summed E-state index contributed by atoms with van der Waals surface area (Å²) >= 11 is 0. The number of nitrogens with one attached hydrogen (secondary N) is 1. The maximum absolute atomic E-state index is 13.2. The van der Waals surface area contributed by atoms with Gasteiger partial charge in [0.05, 0.1) is 6.54 Å². The van der Waals surface area contributed by atoms with Crippen LogP contribution in [0.1, 0.15) is 70.8 Å². The zero-order chi connectivity index (χ0) is 18.9. The van der Waals surface area contributed by atoms with Crippen LogP contribution in [0.15, 0.2) is 60.8 Å². The highest BCUT2D eigenvalue weighted by molar-refractivity contribution is 6.09. The first-order valence-electron chi connectivity index (χ1n) is 10.4. The number of hydrogen-bond donors (Lipinski definition) is 1. The van der Waals surface area contributed by atoms with E-state index in [1.807, 2.05) is 30.5 Å². The molecule has 3 heteroatoms. The van der Waals surface area contributed by atoms with Crippen LogP contribution in [0.25, 0.3) is 0 Å². The van der Waals surface area contributed by atoms with Crippen LogP contribution in [-0.2, 0) is 13.1 Å². The minimum atomic E-state index is 0.122. The van der Waals surface area contributed by atoms with E-state index in [0.29, 0.717) is 12.5 Å². The number of nitrogens with zero attached hydrogens (tertiary/aromatic N) is 1. The summed E-state index contributed by atoms with van der Waals surface area (Å²) in [6.07, 6.45) is 8.64. The molecule has 3 nitrogen and oxygen atoms in total. The van der Waals surface area contributed by atoms with Crippen LogP contribution in [0.4, 0.5) is 5.69 Å². The molecule has 0 amide bonds. The van der Waals surface area contributed by atoms with Crippen molar-refractivity contribution in [2.45, 2.75) is 51.1 Å². The van der Waals surface area contributed by atoms with Crippen LogP contribution >= 0.6 is 0 Å². The first kappa shape index (κ1) is 17.3. The maximum atomic E-state index is 13.2. The van der Waals surface area contributed by atoms with E-state index in [0.717, 1.165) is 29.1 Å². The Balaban J connectivity index is 1.39. The van der Waals surface area contributed by atoms with E-state index in [-0.39, 0.29) is 5.78 Å². The number of aromatic nitrogens is 1. The Morgan fingerprint density at radius 2 is 1.71 bits per heavy atom. The molecule has 1 aliphatic heterocycles. The molecular formula is C25H26N2O. The summed E-state index contributed by atoms with van der Waals surface area (Å²) in [4.78, 5) is 13.2. The molecule has 142 valence electrons. The number of fused-ring (bicyclic) bond motifs is 2. The van der Waals surface area contributed by atoms with E-state index in [2.05, 4.69) is 40.2 Å². The van der Waals surface area contributed by atoms with Gasteiger partial charge in [-0.05, 0) is 42.0 Å². The summed E-state index contributed by atoms with van der Waals surface area (Å²) < 4.78 is 2.20. The van der Waals surface area contributed by atoms with Gasteiger partial charge < -0.3 is 9.88 Å². The Morgan fingerprint density at radius 3 is 2.54 bits per heavy atom. The SMILES string of the molecule is O=C(c1ccc(C2CCCCC2)cc1)c1ccn2c1CNc1ccccc1C2. The summed E-state index contributed by atoms with van der Waals surface area (Å²) in [5, 5.41) is 3.49. The Labute approximate surface area is 166 Å². The van der Waals surface area contributed by atoms with Crippen LogP contribution in [0, 0.1) is 0 Å². The highest BCUT2D eigenvalue weighted by Gasteiger charge is 2.21. The van der Waals surface area contributed by atoms with Gasteiger partial charge in [-0.1, -0.05) is 61.7 Å². The van der Waals surface area contributed by atoms with Crippen molar-refractivity contribution in [3.63, 3.8) is 0 Å². The fourth-order valence-electron chi connectivity index (χ4n) is 4.75. The van der Waals surface area contributed by atoms with Crippen molar-refractivity contribution in [2.75, 3.05) is 5.32 Å². The second-order valence-electron chi connectivity index (χ2n) is 8.10. The maximum Gasteiger partial charge on any atom is 0.194 e. The average Bonchev–Trinajstić information content (AvgIpc) is 3.06. The number of carbonyl (C=O) groups is 1. The Kier molecular flexibility index (Phi) is 4.52. The largest absolute Gasteiger partial charge is 0.379 e. The molecule has 2 aliphatic rings. The number of anilines is 1. The standard InChI is InChI=1S/C25H26N2O/c28-25(20-12-10-19(11-13-20)18-6-2-1-3-7-18)22-14-15-27-17-21-8-4-5-9-23(21)26-16-24(22)27/h4-5,8-15,18,26H,1-3,6-7,16-17H2. The van der Waals surface area contributed by atoms with Crippen LogP contribution in [0.2, 0.25) is 0 Å². The second kappa shape index (κ2) is 7.31. The van der Waals surface area contributed by atoms with E-state index in [1.165, 1.54) is 43.2 Å². The normalized spacial score (nSPS) is 16.6. The lowest BCUT2D eigenvalue weighted by Gasteiger charge is -2.22. The van der Waals surface area contributed by atoms with E-state index < -0.39 is 0 Å². The zero-order valence-corrected chi connectivity index (χ0v) is 16.2. The molecular weight excluding hydrogens is 344 g/mol. The van der Waals surface area contributed by atoms with Crippen molar-refractivity contribution in [1.29, 1.82) is 0 Å². The minimum absolute atomic E-state index is 0.122. The molecule has 0 radical (unpaired) electrons. The lowest BCUT2D eigenvalue weighted by atomic mass is 9.83. The molecule has 1 N–H and O–H groups in total. The zero-order valence-electron chi connectivity index (χ0n) is 16.2. The van der Waals surface area contributed by atoms with Gasteiger partial charge in [0.2, 0.25) is 0 Å². The van der Waals surface area contributed by atoms with Crippen molar-refractivity contribution < 1.29 is 4.79 Å². The highest BCUT2D eigenvalue weighted by Crippen LogP contribution is 2.33. The topological polar surface area (TPSA) is 34.0 Å². The number of para-hydroxylation sites is 1. The Morgan fingerprint density at radius 1 is 0.929 bits per heavy atom. The molecule has 3 aromatic rings. The molecule has 0 saturated heterocycles. The van der Waals surface area contributed by atoms with Gasteiger partial charge in [0, 0.05) is 35.2 Å². The predicted molar refractivity (Wildman–Crippen MR) is 113 cm³/mol. The molecule has 0 unspecified atom stereocenters. The van der Waals surface area contributed by atoms with Crippen LogP contribution < -0.4 is 5.32 Å². The Hall–Kier alpha value is -2.81. The first-order chi connectivity index (χ1) is 13.8. The predicted octanol–water partition coefficient (Wildman–Crippen LogP) is 5.74. The summed E-state index contributed by atoms with van der Waals surface area (Å²) in [5.41, 5.74) is 6.47. The quantitative estimate of drug-likeness (QED) is 0.597. The number of hydrogen-bond acceptors (Lipinski definition) is 2. The van der Waals surface area contributed by atoms with Gasteiger partial charge in [-0.2, -0.15) is 0 Å². The van der Waals surface area contributed by atoms with Crippen LogP contribution in [0.3, 0.4) is 0 Å². The van der Waals surface area contributed by atoms with E-state index in [9.17, 15) is 4.79 Å². The lowest BCUT2D eigenvalue weighted by Crippen LogP contribution is -2.10. The number of ketones is 1. The van der Waals surface area contributed by atoms with Gasteiger partial charge in [-0.25, -0.2) is 0 Å². The minimum Gasteiger partial charge on any atom is -0.379 e. The molecule has 5 rings (SSSR count). The van der Waals surface area contributed by atoms with Gasteiger partial charge >= 0.3 is 0 Å². The van der Waals surface area contributed by atoms with E-state index in [4.69, 9.17) is 0 Å². The molecule has 0 atom stereocenters. The third-order valence-electron chi connectivity index (χ3n) is 6.38. The fourth-order valence-corrected chi connectivity index (χ4v) is 4.75. The van der Waals surface area contributed by atoms with Crippen LogP contribution in [-0.4, -0.2) is 10.4 Å². The third-order valence-corrected chi connectivity index (χ3v) is 6.38. The molecule has 2 heterocycles. The smallest absolute Gasteiger partial charge is 0.194 e. The molecule has 0 spiro atoms. The molecule has 28 heavy (non-hydrogen) atoms. The fraction of sp³-hybridized carbons (Fsp3) is 0.320. The molecule has 1 fully saturated rings. The van der Waals surface area contributed by atoms with E-state index >= 15 is 0 Å². The van der Waals surface area contributed by atoms with Gasteiger partial charge in [0.15, 0.2) is 5.78 Å². The second-order valence-corrected chi connectivity index (χ2v) is 8.10. The summed E-state index contributed by atoms with van der Waals surface area (Å²) in [7, 11) is 0. The first-order valence-corrected chi connectivity index (χ1v) is 10.4. The lowest BCUT2D eigenvalue weighted by molar-refractivity contribution is 0.103. The van der Waals surface area contributed by atoms with Crippen molar-refractivity contribution in [3.05, 3.63) is 88.7 Å². The van der Waals surface area contributed by atoms with E-state index in [1.54, 1.807) is 0 Å². The molecule has 1 aromatic heterocycles. The Bertz CT molecular complexity index is 994. The highest BCUT2D eigenvalue weighted by atomic mass is 16.1. The summed E-state index contributed by atoms with van der Waals surface area (Å²) in [6.45, 7) is 1.47. The molecule has 0 bridgehead atoms. The van der Waals surface area contributed by atoms with Gasteiger partial charge in [-0.3, -0.25) is 4.79 Å². The summed E-state index contributed by atoms with van der Waals surface area (Å²) in [6, 6.07) is 18.7. The van der Waals surface area contributed by atoms with Gasteiger partial charge in [-0.15, -0.1) is 0 Å². The van der Waals surface area contributed by atoms with Gasteiger partial charge in [0.25, 0.3) is 0 Å².